The van der Waals surface area contributed by atoms with Gasteiger partial charge in [-0.3, -0.25) is 4.79 Å². The Balaban J connectivity index is 2.16. The van der Waals surface area contributed by atoms with Crippen molar-refractivity contribution in [3.05, 3.63) is 35.6 Å². The van der Waals surface area contributed by atoms with Crippen LogP contribution in [0.1, 0.15) is 38.7 Å². The minimum atomic E-state index is -0.778. The second-order valence-electron chi connectivity index (χ2n) is 5.29. The summed E-state index contributed by atoms with van der Waals surface area (Å²) in [7, 11) is 0. The normalized spacial score (nSPS) is 11.5. The molecule has 0 aliphatic heterocycles. The molecule has 0 bridgehead atoms. The van der Waals surface area contributed by atoms with Crippen LogP contribution in [-0.2, 0) is 16.1 Å². The van der Waals surface area contributed by atoms with Crippen molar-refractivity contribution >= 4 is 5.97 Å². The first-order chi connectivity index (χ1) is 8.93. The molecule has 0 amide bonds. The summed E-state index contributed by atoms with van der Waals surface area (Å²) < 4.78 is 18.7. The molecule has 0 unspecified atom stereocenters. The average molecular weight is 268 g/mol. The van der Waals surface area contributed by atoms with Gasteiger partial charge in [-0.05, 0) is 32.8 Å². The lowest BCUT2D eigenvalue weighted by Gasteiger charge is -2.18. The van der Waals surface area contributed by atoms with E-state index in [-0.39, 0.29) is 12.4 Å². The summed E-state index contributed by atoms with van der Waals surface area (Å²) in [4.78, 5) is 10.9. The van der Waals surface area contributed by atoms with Gasteiger partial charge in [-0.2, -0.15) is 0 Å². The molecule has 0 fully saturated rings. The summed E-state index contributed by atoms with van der Waals surface area (Å²) in [5.41, 5.74) is -0.140. The van der Waals surface area contributed by atoms with E-state index < -0.39 is 11.4 Å². The number of carboxylic acid groups (broad SMARTS) is 1. The van der Waals surface area contributed by atoms with Gasteiger partial charge in [-0.15, -0.1) is 0 Å². The predicted octanol–water partition coefficient (Wildman–Crippen LogP) is 3.62. The standard InChI is InChI=1S/C15H21FO3/c1-15(2,14(17)18)9-5-6-10-19-11-12-7-3-4-8-13(12)16/h3-4,7-8H,5-6,9-11H2,1-2H3,(H,17,18). The van der Waals surface area contributed by atoms with Gasteiger partial charge < -0.3 is 9.84 Å². The molecular weight excluding hydrogens is 247 g/mol. The second kappa shape index (κ2) is 7.24. The van der Waals surface area contributed by atoms with Crippen LogP contribution in [0.25, 0.3) is 0 Å². The van der Waals surface area contributed by atoms with Crippen molar-refractivity contribution in [2.24, 2.45) is 5.41 Å². The van der Waals surface area contributed by atoms with Crippen molar-refractivity contribution in [1.82, 2.24) is 0 Å². The fourth-order valence-corrected chi connectivity index (χ4v) is 1.68. The van der Waals surface area contributed by atoms with Crippen molar-refractivity contribution in [2.45, 2.75) is 39.7 Å². The predicted molar refractivity (Wildman–Crippen MR) is 71.3 cm³/mol. The van der Waals surface area contributed by atoms with E-state index >= 15 is 0 Å². The van der Waals surface area contributed by atoms with Gasteiger partial charge in [-0.1, -0.05) is 24.6 Å². The number of carbonyl (C=O) groups is 1. The number of rotatable bonds is 8. The maximum atomic E-state index is 13.3. The zero-order valence-corrected chi connectivity index (χ0v) is 11.5. The fraction of sp³-hybridized carbons (Fsp3) is 0.533. The zero-order valence-electron chi connectivity index (χ0n) is 11.5. The average Bonchev–Trinajstić information content (AvgIpc) is 2.35. The monoisotopic (exact) mass is 268 g/mol. The van der Waals surface area contributed by atoms with E-state index in [1.165, 1.54) is 6.07 Å². The van der Waals surface area contributed by atoms with Gasteiger partial charge >= 0.3 is 5.97 Å². The number of carboxylic acids is 1. The first-order valence-corrected chi connectivity index (χ1v) is 6.48. The maximum Gasteiger partial charge on any atom is 0.309 e. The summed E-state index contributed by atoms with van der Waals surface area (Å²) >= 11 is 0. The largest absolute Gasteiger partial charge is 0.481 e. The molecule has 1 rings (SSSR count). The molecule has 3 nitrogen and oxygen atoms in total. The minimum absolute atomic E-state index is 0.255. The Morgan fingerprint density at radius 3 is 2.63 bits per heavy atom. The topological polar surface area (TPSA) is 46.5 Å². The van der Waals surface area contributed by atoms with Gasteiger partial charge in [0.15, 0.2) is 0 Å². The molecule has 0 spiro atoms. The highest BCUT2D eigenvalue weighted by Gasteiger charge is 2.25. The molecular formula is C15H21FO3. The van der Waals surface area contributed by atoms with Gasteiger partial charge in [0, 0.05) is 12.2 Å². The van der Waals surface area contributed by atoms with Crippen LogP contribution in [0, 0.1) is 11.2 Å². The van der Waals surface area contributed by atoms with Crippen LogP contribution >= 0.6 is 0 Å². The fourth-order valence-electron chi connectivity index (χ4n) is 1.68. The third-order valence-electron chi connectivity index (χ3n) is 3.13. The lowest BCUT2D eigenvalue weighted by molar-refractivity contribution is -0.147. The number of hydrogen-bond acceptors (Lipinski definition) is 2. The van der Waals surface area contributed by atoms with Crippen molar-refractivity contribution in [2.75, 3.05) is 6.61 Å². The Morgan fingerprint density at radius 1 is 1.32 bits per heavy atom. The van der Waals surface area contributed by atoms with Crippen molar-refractivity contribution in [3.63, 3.8) is 0 Å². The lowest BCUT2D eigenvalue weighted by Crippen LogP contribution is -2.23. The number of benzene rings is 1. The number of unbranched alkanes of at least 4 members (excludes halogenated alkanes) is 1. The molecule has 1 aromatic rings. The summed E-state index contributed by atoms with van der Waals surface area (Å²) in [5.74, 6) is -1.03. The molecule has 0 heterocycles. The quantitative estimate of drug-likeness (QED) is 0.732. The number of halogens is 1. The minimum Gasteiger partial charge on any atom is -0.481 e. The molecule has 0 saturated heterocycles. The van der Waals surface area contributed by atoms with Gasteiger partial charge in [-0.25, -0.2) is 4.39 Å². The first kappa shape index (κ1) is 15.6. The van der Waals surface area contributed by atoms with E-state index in [1.807, 2.05) is 0 Å². The molecule has 0 atom stereocenters. The highest BCUT2D eigenvalue weighted by atomic mass is 19.1. The summed E-state index contributed by atoms with van der Waals surface area (Å²) in [5, 5.41) is 8.95. The van der Waals surface area contributed by atoms with Crippen LogP contribution in [0.15, 0.2) is 24.3 Å². The van der Waals surface area contributed by atoms with Gasteiger partial charge in [0.2, 0.25) is 0 Å². The van der Waals surface area contributed by atoms with Crippen LogP contribution in [-0.4, -0.2) is 17.7 Å². The van der Waals surface area contributed by atoms with Crippen LogP contribution in [0.3, 0.4) is 0 Å². The molecule has 0 aliphatic carbocycles. The third kappa shape index (κ3) is 5.39. The van der Waals surface area contributed by atoms with Crippen molar-refractivity contribution in [3.8, 4) is 0 Å². The number of ether oxygens (including phenoxy) is 1. The first-order valence-electron chi connectivity index (χ1n) is 6.48. The Labute approximate surface area is 113 Å². The zero-order chi connectivity index (χ0) is 14.3. The lowest BCUT2D eigenvalue weighted by atomic mass is 9.87. The van der Waals surface area contributed by atoms with Crippen LogP contribution < -0.4 is 0 Å². The molecule has 106 valence electrons. The van der Waals surface area contributed by atoms with E-state index in [0.29, 0.717) is 18.6 Å². The molecule has 0 aliphatic rings. The van der Waals surface area contributed by atoms with E-state index in [2.05, 4.69) is 0 Å². The number of hydrogen-bond donors (Lipinski definition) is 1. The second-order valence-corrected chi connectivity index (χ2v) is 5.29. The molecule has 19 heavy (non-hydrogen) atoms. The van der Waals surface area contributed by atoms with E-state index in [4.69, 9.17) is 9.84 Å². The molecule has 0 aromatic heterocycles. The van der Waals surface area contributed by atoms with Crippen LogP contribution in [0.5, 0.6) is 0 Å². The Hall–Kier alpha value is -1.42. The molecule has 4 heteroatoms. The van der Waals surface area contributed by atoms with Crippen molar-refractivity contribution in [1.29, 1.82) is 0 Å². The van der Waals surface area contributed by atoms with Gasteiger partial charge in [0.05, 0.1) is 12.0 Å². The maximum absolute atomic E-state index is 13.3. The van der Waals surface area contributed by atoms with Crippen LogP contribution in [0.4, 0.5) is 4.39 Å². The molecule has 1 N–H and O–H groups in total. The highest BCUT2D eigenvalue weighted by Crippen LogP contribution is 2.23. The van der Waals surface area contributed by atoms with E-state index in [9.17, 15) is 9.18 Å². The molecule has 0 radical (unpaired) electrons. The Kier molecular flexibility index (Phi) is 5.96. The third-order valence-corrected chi connectivity index (χ3v) is 3.13. The molecule has 1 aromatic carbocycles. The van der Waals surface area contributed by atoms with Gasteiger partial charge in [0.1, 0.15) is 5.82 Å². The van der Waals surface area contributed by atoms with Gasteiger partial charge in [0.25, 0.3) is 0 Å². The van der Waals surface area contributed by atoms with Crippen LogP contribution in [0.2, 0.25) is 0 Å². The van der Waals surface area contributed by atoms with Crippen molar-refractivity contribution < 1.29 is 19.0 Å². The summed E-state index contributed by atoms with van der Waals surface area (Å²) in [6, 6.07) is 6.53. The summed E-state index contributed by atoms with van der Waals surface area (Å²) in [6.45, 7) is 4.21. The number of aliphatic carboxylic acids is 1. The highest BCUT2D eigenvalue weighted by molar-refractivity contribution is 5.73. The van der Waals surface area contributed by atoms with E-state index in [0.717, 1.165) is 12.8 Å². The Morgan fingerprint density at radius 2 is 2.00 bits per heavy atom. The SMILES string of the molecule is CC(C)(CCCCOCc1ccccc1F)C(=O)O. The van der Waals surface area contributed by atoms with E-state index in [1.54, 1.807) is 32.0 Å². The summed E-state index contributed by atoms with van der Waals surface area (Å²) in [6.07, 6.45) is 2.19. The Bertz CT molecular complexity index is 416. The molecule has 0 saturated carbocycles. The smallest absolute Gasteiger partial charge is 0.309 e.